The molecule has 0 aliphatic carbocycles. The monoisotopic (exact) mass is 406 g/mol. The summed E-state index contributed by atoms with van der Waals surface area (Å²) in [6, 6.07) is 11.2. The number of benzene rings is 1. The lowest BCUT2D eigenvalue weighted by atomic mass is 10.1. The first kappa shape index (κ1) is 19.9. The molecule has 1 fully saturated rings. The van der Waals surface area contributed by atoms with Gasteiger partial charge in [-0.15, -0.1) is 0 Å². The molecular weight excluding hydrogens is 380 g/mol. The fourth-order valence-corrected chi connectivity index (χ4v) is 3.70. The third-order valence-corrected chi connectivity index (χ3v) is 5.63. The summed E-state index contributed by atoms with van der Waals surface area (Å²) >= 11 is 0. The van der Waals surface area contributed by atoms with E-state index >= 15 is 0 Å². The van der Waals surface area contributed by atoms with Crippen LogP contribution in [-0.4, -0.2) is 44.1 Å². The Morgan fingerprint density at radius 3 is 2.53 bits per heavy atom. The number of rotatable bonds is 5. The van der Waals surface area contributed by atoms with Crippen LogP contribution in [0, 0.1) is 6.92 Å². The highest BCUT2D eigenvalue weighted by Gasteiger charge is 2.25. The standard InChI is InChI=1S/C23H26N4O3/c1-17-13-21(14-22(28)25(17)2)30-20-7-10-27(11-8-20)23(29)19-5-3-18(4-6-19)15-26-12-9-24-16-26/h3-6,9,12-14,16,20H,7-8,10-11,15H2,1-2H3. The average molecular weight is 406 g/mol. The molecule has 2 aromatic heterocycles. The number of pyridine rings is 1. The van der Waals surface area contributed by atoms with Gasteiger partial charge in [0.05, 0.1) is 6.33 Å². The molecular formula is C23H26N4O3. The molecule has 3 aromatic rings. The number of piperidine rings is 1. The fourth-order valence-electron chi connectivity index (χ4n) is 3.70. The number of ether oxygens (including phenoxy) is 1. The van der Waals surface area contributed by atoms with Gasteiger partial charge in [-0.3, -0.25) is 9.59 Å². The summed E-state index contributed by atoms with van der Waals surface area (Å²) in [5.74, 6) is 0.654. The van der Waals surface area contributed by atoms with Gasteiger partial charge in [0.2, 0.25) is 0 Å². The third kappa shape index (κ3) is 4.45. The van der Waals surface area contributed by atoms with Crippen molar-refractivity contribution in [3.05, 3.63) is 82.3 Å². The van der Waals surface area contributed by atoms with Crippen LogP contribution in [0.15, 0.2) is 59.9 Å². The Kier molecular flexibility index (Phi) is 5.70. The van der Waals surface area contributed by atoms with Crippen molar-refractivity contribution >= 4 is 5.91 Å². The van der Waals surface area contributed by atoms with Crippen LogP contribution in [0.3, 0.4) is 0 Å². The fraction of sp³-hybridized carbons (Fsp3) is 0.348. The molecule has 1 amide bonds. The molecule has 4 rings (SSSR count). The zero-order chi connectivity index (χ0) is 21.1. The molecule has 30 heavy (non-hydrogen) atoms. The van der Waals surface area contributed by atoms with Gasteiger partial charge in [0.1, 0.15) is 11.9 Å². The van der Waals surface area contributed by atoms with E-state index in [1.165, 1.54) is 6.07 Å². The Balaban J connectivity index is 1.32. The number of aromatic nitrogens is 3. The number of hydrogen-bond acceptors (Lipinski definition) is 4. The average Bonchev–Trinajstić information content (AvgIpc) is 3.26. The summed E-state index contributed by atoms with van der Waals surface area (Å²) in [6.07, 6.45) is 6.96. The maximum absolute atomic E-state index is 12.8. The van der Waals surface area contributed by atoms with Gasteiger partial charge in [0, 0.05) is 69.2 Å². The summed E-state index contributed by atoms with van der Waals surface area (Å²) in [7, 11) is 1.75. The summed E-state index contributed by atoms with van der Waals surface area (Å²) in [5.41, 5.74) is 2.61. The largest absolute Gasteiger partial charge is 0.490 e. The molecule has 7 heteroatoms. The molecule has 1 aromatic carbocycles. The maximum atomic E-state index is 12.8. The first-order chi connectivity index (χ1) is 14.5. The Hall–Kier alpha value is -3.35. The number of carbonyl (C=O) groups excluding carboxylic acids is 1. The van der Waals surface area contributed by atoms with Crippen molar-refractivity contribution in [3.63, 3.8) is 0 Å². The summed E-state index contributed by atoms with van der Waals surface area (Å²) < 4.78 is 9.60. The summed E-state index contributed by atoms with van der Waals surface area (Å²) in [6.45, 7) is 3.91. The molecule has 1 aliphatic heterocycles. The number of carbonyl (C=O) groups is 1. The molecule has 1 aliphatic rings. The molecule has 1 saturated heterocycles. The molecule has 7 nitrogen and oxygen atoms in total. The molecule has 0 bridgehead atoms. The highest BCUT2D eigenvalue weighted by molar-refractivity contribution is 5.94. The van der Waals surface area contributed by atoms with E-state index in [0.717, 1.165) is 30.6 Å². The Morgan fingerprint density at radius 2 is 1.90 bits per heavy atom. The third-order valence-electron chi connectivity index (χ3n) is 5.63. The minimum atomic E-state index is -0.0749. The minimum Gasteiger partial charge on any atom is -0.490 e. The smallest absolute Gasteiger partial charge is 0.254 e. The van der Waals surface area contributed by atoms with E-state index in [4.69, 9.17) is 4.74 Å². The van der Waals surface area contributed by atoms with E-state index < -0.39 is 0 Å². The van der Waals surface area contributed by atoms with E-state index in [-0.39, 0.29) is 17.6 Å². The van der Waals surface area contributed by atoms with Crippen LogP contribution in [-0.2, 0) is 13.6 Å². The van der Waals surface area contributed by atoms with Crippen molar-refractivity contribution in [1.29, 1.82) is 0 Å². The molecule has 0 radical (unpaired) electrons. The molecule has 0 N–H and O–H groups in total. The summed E-state index contributed by atoms with van der Waals surface area (Å²) in [4.78, 5) is 30.7. The summed E-state index contributed by atoms with van der Waals surface area (Å²) in [5, 5.41) is 0. The number of amides is 1. The lowest BCUT2D eigenvalue weighted by Crippen LogP contribution is -2.41. The van der Waals surface area contributed by atoms with Crippen LogP contribution in [0.5, 0.6) is 5.75 Å². The van der Waals surface area contributed by atoms with E-state index in [1.54, 1.807) is 24.1 Å². The lowest BCUT2D eigenvalue weighted by molar-refractivity contribution is 0.0595. The van der Waals surface area contributed by atoms with Crippen molar-refractivity contribution in [2.75, 3.05) is 13.1 Å². The van der Waals surface area contributed by atoms with Gasteiger partial charge in [-0.05, 0) is 30.7 Å². The highest BCUT2D eigenvalue weighted by atomic mass is 16.5. The van der Waals surface area contributed by atoms with Crippen molar-refractivity contribution in [2.24, 2.45) is 7.05 Å². The Bertz CT molecular complexity index is 1060. The van der Waals surface area contributed by atoms with Crippen LogP contribution in [0.4, 0.5) is 0 Å². The Labute approximate surface area is 175 Å². The van der Waals surface area contributed by atoms with Gasteiger partial charge in [-0.25, -0.2) is 4.98 Å². The van der Waals surface area contributed by atoms with Crippen molar-refractivity contribution in [2.45, 2.75) is 32.4 Å². The normalized spacial score (nSPS) is 14.7. The number of nitrogens with zero attached hydrogens (tertiary/aromatic N) is 4. The molecule has 0 unspecified atom stereocenters. The van der Waals surface area contributed by atoms with E-state index in [9.17, 15) is 9.59 Å². The van der Waals surface area contributed by atoms with Gasteiger partial charge >= 0.3 is 0 Å². The lowest BCUT2D eigenvalue weighted by Gasteiger charge is -2.32. The van der Waals surface area contributed by atoms with Gasteiger partial charge in [-0.1, -0.05) is 12.1 Å². The molecule has 0 atom stereocenters. The quantitative estimate of drug-likeness (QED) is 0.653. The van der Waals surface area contributed by atoms with Crippen LogP contribution in [0.2, 0.25) is 0 Å². The van der Waals surface area contributed by atoms with Crippen molar-refractivity contribution in [3.8, 4) is 5.75 Å². The first-order valence-electron chi connectivity index (χ1n) is 10.2. The van der Waals surface area contributed by atoms with Gasteiger partial charge in [0.15, 0.2) is 0 Å². The van der Waals surface area contributed by atoms with Crippen LogP contribution in [0.25, 0.3) is 0 Å². The van der Waals surface area contributed by atoms with Crippen LogP contribution < -0.4 is 10.3 Å². The first-order valence-corrected chi connectivity index (χ1v) is 10.2. The van der Waals surface area contributed by atoms with Crippen molar-refractivity contribution < 1.29 is 9.53 Å². The van der Waals surface area contributed by atoms with Gasteiger partial charge in [-0.2, -0.15) is 0 Å². The predicted octanol–water partition coefficient (Wildman–Crippen LogP) is 2.62. The van der Waals surface area contributed by atoms with Crippen molar-refractivity contribution in [1.82, 2.24) is 19.0 Å². The van der Waals surface area contributed by atoms with Crippen LogP contribution in [0.1, 0.15) is 34.5 Å². The zero-order valence-corrected chi connectivity index (χ0v) is 17.3. The molecule has 156 valence electrons. The molecule has 3 heterocycles. The predicted molar refractivity (Wildman–Crippen MR) is 114 cm³/mol. The second kappa shape index (κ2) is 8.57. The molecule has 0 spiro atoms. The number of likely N-dealkylation sites (tertiary alicyclic amines) is 1. The Morgan fingerprint density at radius 1 is 1.17 bits per heavy atom. The number of imidazole rings is 1. The zero-order valence-electron chi connectivity index (χ0n) is 17.3. The van der Waals surface area contributed by atoms with E-state index in [1.807, 2.05) is 52.9 Å². The topological polar surface area (TPSA) is 69.4 Å². The highest BCUT2D eigenvalue weighted by Crippen LogP contribution is 2.20. The van der Waals surface area contributed by atoms with Gasteiger partial charge in [0.25, 0.3) is 11.5 Å². The minimum absolute atomic E-state index is 0.0121. The maximum Gasteiger partial charge on any atom is 0.254 e. The van der Waals surface area contributed by atoms with Gasteiger partial charge < -0.3 is 18.8 Å². The SMILES string of the molecule is Cc1cc(OC2CCN(C(=O)c3ccc(Cn4ccnc4)cc3)CC2)cc(=O)n1C. The second-order valence-electron chi connectivity index (χ2n) is 7.77. The van der Waals surface area contributed by atoms with E-state index in [2.05, 4.69) is 4.98 Å². The second-order valence-corrected chi connectivity index (χ2v) is 7.77. The molecule has 0 saturated carbocycles. The van der Waals surface area contributed by atoms with Crippen LogP contribution >= 0.6 is 0 Å². The van der Waals surface area contributed by atoms with E-state index in [0.29, 0.717) is 24.4 Å². The number of aryl methyl sites for hydroxylation is 1. The number of hydrogen-bond donors (Lipinski definition) is 0.